The largest absolute Gasteiger partial charge is 0.376 e. The van der Waals surface area contributed by atoms with Crippen molar-refractivity contribution in [3.63, 3.8) is 0 Å². The van der Waals surface area contributed by atoms with Gasteiger partial charge in [0.25, 0.3) is 5.91 Å². The van der Waals surface area contributed by atoms with Gasteiger partial charge in [-0.1, -0.05) is 18.2 Å². The smallest absolute Gasteiger partial charge is 0.256 e. The lowest BCUT2D eigenvalue weighted by Gasteiger charge is -2.39. The van der Waals surface area contributed by atoms with Crippen molar-refractivity contribution in [2.75, 3.05) is 36.8 Å². The summed E-state index contributed by atoms with van der Waals surface area (Å²) in [6.45, 7) is 1.08. The monoisotopic (exact) mass is 490 g/mol. The number of fused-ring (bicyclic) bond motifs is 2. The van der Waals surface area contributed by atoms with Crippen LogP contribution in [0.25, 0.3) is 0 Å². The lowest BCUT2D eigenvalue weighted by molar-refractivity contribution is -0.134. The van der Waals surface area contributed by atoms with Gasteiger partial charge in [0.05, 0.1) is 24.3 Å². The summed E-state index contributed by atoms with van der Waals surface area (Å²) in [5, 5.41) is 5.93. The number of hydrogen-bond donors (Lipinski definition) is 2. The van der Waals surface area contributed by atoms with Gasteiger partial charge in [-0.05, 0) is 52.9 Å². The van der Waals surface area contributed by atoms with Crippen molar-refractivity contribution in [2.24, 2.45) is 0 Å². The van der Waals surface area contributed by atoms with Crippen molar-refractivity contribution in [1.29, 1.82) is 0 Å². The molecule has 0 saturated carbocycles. The van der Waals surface area contributed by atoms with Crippen LogP contribution >= 0.6 is 22.6 Å². The predicted octanol–water partition coefficient (Wildman–Crippen LogP) is 2.01. The SMILES string of the molecule is O=C1Nc2ccc(I)cc2C(=O)N2CCN(C(=O)CNc3ccccc3)CC12. The highest BCUT2D eigenvalue weighted by Crippen LogP contribution is 2.27. The highest BCUT2D eigenvalue weighted by Gasteiger charge is 2.40. The van der Waals surface area contributed by atoms with Gasteiger partial charge in [0.2, 0.25) is 11.8 Å². The average Bonchev–Trinajstić information content (AvgIpc) is 2.82. The summed E-state index contributed by atoms with van der Waals surface area (Å²) in [5.41, 5.74) is 1.88. The first-order valence-electron chi connectivity index (χ1n) is 9.01. The Morgan fingerprint density at radius 2 is 1.93 bits per heavy atom. The van der Waals surface area contributed by atoms with Crippen molar-refractivity contribution in [1.82, 2.24) is 9.80 Å². The fourth-order valence-corrected chi connectivity index (χ4v) is 3.99. The van der Waals surface area contributed by atoms with Gasteiger partial charge < -0.3 is 20.4 Å². The van der Waals surface area contributed by atoms with Crippen molar-refractivity contribution in [3.05, 3.63) is 57.7 Å². The highest BCUT2D eigenvalue weighted by atomic mass is 127. The van der Waals surface area contributed by atoms with Crippen LogP contribution in [-0.2, 0) is 9.59 Å². The number of carbonyl (C=O) groups excluding carboxylic acids is 3. The average molecular weight is 490 g/mol. The number of amides is 3. The topological polar surface area (TPSA) is 81.8 Å². The Balaban J connectivity index is 1.47. The zero-order valence-electron chi connectivity index (χ0n) is 15.0. The van der Waals surface area contributed by atoms with E-state index < -0.39 is 6.04 Å². The molecule has 0 aliphatic carbocycles. The first kappa shape index (κ1) is 18.7. The first-order valence-corrected chi connectivity index (χ1v) is 10.1. The van der Waals surface area contributed by atoms with E-state index in [1.165, 1.54) is 0 Å². The van der Waals surface area contributed by atoms with Gasteiger partial charge in [0, 0.05) is 22.3 Å². The molecule has 8 heteroatoms. The maximum Gasteiger partial charge on any atom is 0.256 e. The second-order valence-electron chi connectivity index (χ2n) is 6.75. The van der Waals surface area contributed by atoms with Gasteiger partial charge in [0.1, 0.15) is 6.04 Å². The molecule has 2 N–H and O–H groups in total. The lowest BCUT2D eigenvalue weighted by Crippen LogP contribution is -2.60. The van der Waals surface area contributed by atoms with Crippen LogP contribution in [-0.4, -0.2) is 59.7 Å². The fourth-order valence-electron chi connectivity index (χ4n) is 3.50. The Labute approximate surface area is 176 Å². The van der Waals surface area contributed by atoms with Gasteiger partial charge in [-0.3, -0.25) is 14.4 Å². The molecule has 2 aromatic rings. The van der Waals surface area contributed by atoms with Crippen LogP contribution in [0.5, 0.6) is 0 Å². The molecule has 0 radical (unpaired) electrons. The molecule has 2 aliphatic rings. The van der Waals surface area contributed by atoms with Crippen LogP contribution < -0.4 is 10.6 Å². The normalized spacial score (nSPS) is 18.7. The van der Waals surface area contributed by atoms with Crippen LogP contribution in [0.3, 0.4) is 0 Å². The number of rotatable bonds is 3. The van der Waals surface area contributed by atoms with Crippen LogP contribution in [0, 0.1) is 3.57 Å². The number of benzene rings is 2. The molecule has 2 aliphatic heterocycles. The van der Waals surface area contributed by atoms with E-state index in [-0.39, 0.29) is 30.8 Å². The summed E-state index contributed by atoms with van der Waals surface area (Å²) in [4.78, 5) is 41.5. The molecule has 0 aromatic heterocycles. The number of anilines is 2. The number of carbonyl (C=O) groups is 3. The minimum atomic E-state index is -0.688. The number of halogens is 1. The number of piperazine rings is 1. The third-order valence-electron chi connectivity index (χ3n) is 4.98. The number of para-hydroxylation sites is 1. The summed E-state index contributed by atoms with van der Waals surface area (Å²) in [6, 6.07) is 14.2. The molecule has 1 atom stereocenters. The molecule has 7 nitrogen and oxygen atoms in total. The molecule has 2 heterocycles. The van der Waals surface area contributed by atoms with Crippen molar-refractivity contribution >= 4 is 51.7 Å². The molecule has 4 rings (SSSR count). The van der Waals surface area contributed by atoms with E-state index >= 15 is 0 Å². The highest BCUT2D eigenvalue weighted by molar-refractivity contribution is 14.1. The predicted molar refractivity (Wildman–Crippen MR) is 114 cm³/mol. The van der Waals surface area contributed by atoms with Crippen molar-refractivity contribution in [2.45, 2.75) is 6.04 Å². The number of nitrogens with zero attached hydrogens (tertiary/aromatic N) is 2. The lowest BCUT2D eigenvalue weighted by atomic mass is 10.1. The summed E-state index contributed by atoms with van der Waals surface area (Å²) < 4.78 is 0.929. The van der Waals surface area contributed by atoms with Crippen LogP contribution in [0.2, 0.25) is 0 Å². The van der Waals surface area contributed by atoms with Gasteiger partial charge in [-0.25, -0.2) is 0 Å². The van der Waals surface area contributed by atoms with Crippen LogP contribution in [0.15, 0.2) is 48.5 Å². The van der Waals surface area contributed by atoms with E-state index in [0.29, 0.717) is 24.3 Å². The number of hydrogen-bond acceptors (Lipinski definition) is 4. The minimum absolute atomic E-state index is 0.0972. The van der Waals surface area contributed by atoms with Crippen molar-refractivity contribution < 1.29 is 14.4 Å². The molecule has 1 fully saturated rings. The summed E-state index contributed by atoms with van der Waals surface area (Å²) in [5.74, 6) is -0.534. The van der Waals surface area contributed by atoms with Gasteiger partial charge in [0.15, 0.2) is 0 Å². The molecule has 2 aromatic carbocycles. The van der Waals surface area contributed by atoms with E-state index in [4.69, 9.17) is 0 Å². The Kier molecular flexibility index (Phi) is 5.21. The van der Waals surface area contributed by atoms with E-state index in [9.17, 15) is 14.4 Å². The zero-order chi connectivity index (χ0) is 19.7. The Bertz CT molecular complexity index is 934. The molecule has 1 unspecified atom stereocenters. The zero-order valence-corrected chi connectivity index (χ0v) is 17.2. The molecule has 0 bridgehead atoms. The first-order chi connectivity index (χ1) is 13.5. The summed E-state index contributed by atoms with van der Waals surface area (Å²) in [6.07, 6.45) is 0. The molecule has 0 spiro atoms. The van der Waals surface area contributed by atoms with Crippen LogP contribution in [0.1, 0.15) is 10.4 Å². The number of nitrogens with one attached hydrogen (secondary N) is 2. The third kappa shape index (κ3) is 3.68. The third-order valence-corrected chi connectivity index (χ3v) is 5.65. The molecular formula is C20H19IN4O3. The standard InChI is InChI=1S/C20H19IN4O3/c21-13-6-7-16-15(10-13)20(28)25-9-8-24(12-17(25)19(27)23-16)18(26)11-22-14-4-2-1-3-5-14/h1-7,10,17,22H,8-9,11-12H2,(H,23,27). The summed E-state index contributed by atoms with van der Waals surface area (Å²) >= 11 is 2.14. The van der Waals surface area contributed by atoms with E-state index in [1.54, 1.807) is 21.9 Å². The maximum atomic E-state index is 13.0. The fraction of sp³-hybridized carbons (Fsp3) is 0.250. The maximum absolute atomic E-state index is 13.0. The Morgan fingerprint density at radius 3 is 2.71 bits per heavy atom. The molecular weight excluding hydrogens is 471 g/mol. The van der Waals surface area contributed by atoms with E-state index in [2.05, 4.69) is 33.2 Å². The van der Waals surface area contributed by atoms with E-state index in [0.717, 1.165) is 9.26 Å². The van der Waals surface area contributed by atoms with Gasteiger partial charge in [-0.15, -0.1) is 0 Å². The van der Waals surface area contributed by atoms with Crippen LogP contribution in [0.4, 0.5) is 11.4 Å². The molecule has 1 saturated heterocycles. The van der Waals surface area contributed by atoms with Gasteiger partial charge >= 0.3 is 0 Å². The Hall–Kier alpha value is -2.62. The summed E-state index contributed by atoms with van der Waals surface area (Å²) in [7, 11) is 0. The quantitative estimate of drug-likeness (QED) is 0.646. The molecule has 3 amide bonds. The molecule has 144 valence electrons. The van der Waals surface area contributed by atoms with E-state index in [1.807, 2.05) is 36.4 Å². The second-order valence-corrected chi connectivity index (χ2v) is 8.00. The minimum Gasteiger partial charge on any atom is -0.376 e. The Morgan fingerprint density at radius 1 is 1.14 bits per heavy atom. The second kappa shape index (κ2) is 7.78. The van der Waals surface area contributed by atoms with Gasteiger partial charge in [-0.2, -0.15) is 0 Å². The van der Waals surface area contributed by atoms with Crippen molar-refractivity contribution in [3.8, 4) is 0 Å². The molecule has 28 heavy (non-hydrogen) atoms.